The maximum absolute atomic E-state index is 11.1. The molecular formula is C14H22O4. The first-order valence-electron chi connectivity index (χ1n) is 6.71. The van der Waals surface area contributed by atoms with E-state index in [0.29, 0.717) is 17.4 Å². The van der Waals surface area contributed by atoms with Gasteiger partial charge in [-0.2, -0.15) is 0 Å². The highest BCUT2D eigenvalue weighted by Gasteiger charge is 2.42. The van der Waals surface area contributed by atoms with E-state index in [1.54, 1.807) is 0 Å². The molecule has 0 unspecified atom stereocenters. The highest BCUT2D eigenvalue weighted by atomic mass is 16.5. The highest BCUT2D eigenvalue weighted by molar-refractivity contribution is 5.87. The first-order chi connectivity index (χ1) is 8.54. The van der Waals surface area contributed by atoms with E-state index < -0.39 is 5.97 Å². The second-order valence-corrected chi connectivity index (χ2v) is 5.78. The fourth-order valence-electron chi connectivity index (χ4n) is 3.36. The average molecular weight is 254 g/mol. The van der Waals surface area contributed by atoms with Gasteiger partial charge in [0.1, 0.15) is 0 Å². The molecule has 1 aliphatic heterocycles. The molecule has 0 aromatic rings. The molecule has 1 fully saturated rings. The lowest BCUT2D eigenvalue weighted by Crippen LogP contribution is -2.46. The summed E-state index contributed by atoms with van der Waals surface area (Å²) in [5, 5.41) is 18.5. The van der Waals surface area contributed by atoms with Gasteiger partial charge in [0.15, 0.2) is 0 Å². The second kappa shape index (κ2) is 5.41. The Hall–Kier alpha value is -0.870. The van der Waals surface area contributed by atoms with Crippen LogP contribution in [0.4, 0.5) is 0 Å². The number of fused-ring (bicyclic) bond motifs is 1. The maximum Gasteiger partial charge on any atom is 0.333 e. The van der Waals surface area contributed by atoms with Crippen LogP contribution in [0.2, 0.25) is 0 Å². The minimum Gasteiger partial charge on any atom is -0.478 e. The number of carboxylic acid groups (broad SMARTS) is 1. The van der Waals surface area contributed by atoms with E-state index in [4.69, 9.17) is 9.84 Å². The van der Waals surface area contributed by atoms with Crippen LogP contribution >= 0.6 is 0 Å². The zero-order valence-corrected chi connectivity index (χ0v) is 11.0. The summed E-state index contributed by atoms with van der Waals surface area (Å²) in [6.45, 7) is 4.63. The molecule has 2 N–H and O–H groups in total. The Morgan fingerprint density at radius 3 is 2.78 bits per heavy atom. The Morgan fingerprint density at radius 2 is 2.22 bits per heavy atom. The Balaban J connectivity index is 2.26. The van der Waals surface area contributed by atoms with Gasteiger partial charge in [0, 0.05) is 18.4 Å². The number of hydrogen-bond donors (Lipinski definition) is 2. The lowest BCUT2D eigenvalue weighted by molar-refractivity contribution is -0.136. The van der Waals surface area contributed by atoms with Crippen molar-refractivity contribution in [2.45, 2.75) is 32.8 Å². The SMILES string of the molecule is CC(C)[C@H]1CC[C@H](CO)[C@@H]2OCC(C(=O)O)=C[C@@H]21. The first-order valence-corrected chi connectivity index (χ1v) is 6.71. The van der Waals surface area contributed by atoms with E-state index in [1.165, 1.54) is 0 Å². The molecular weight excluding hydrogens is 232 g/mol. The molecule has 1 aliphatic carbocycles. The van der Waals surface area contributed by atoms with Crippen molar-refractivity contribution in [2.24, 2.45) is 23.7 Å². The predicted octanol–water partition coefficient (Wildman–Crippen LogP) is 1.69. The maximum atomic E-state index is 11.1. The van der Waals surface area contributed by atoms with Crippen LogP contribution in [0.1, 0.15) is 26.7 Å². The highest BCUT2D eigenvalue weighted by Crippen LogP contribution is 2.42. The predicted molar refractivity (Wildman–Crippen MR) is 67.1 cm³/mol. The number of rotatable bonds is 3. The number of aliphatic carboxylic acids is 1. The molecule has 4 nitrogen and oxygen atoms in total. The van der Waals surface area contributed by atoms with Gasteiger partial charge in [0.05, 0.1) is 18.3 Å². The smallest absolute Gasteiger partial charge is 0.333 e. The van der Waals surface area contributed by atoms with Crippen LogP contribution in [-0.4, -0.2) is 35.5 Å². The Morgan fingerprint density at radius 1 is 1.50 bits per heavy atom. The van der Waals surface area contributed by atoms with Gasteiger partial charge < -0.3 is 14.9 Å². The zero-order valence-electron chi connectivity index (χ0n) is 11.0. The lowest BCUT2D eigenvalue weighted by atomic mass is 9.67. The molecule has 18 heavy (non-hydrogen) atoms. The minimum absolute atomic E-state index is 0.0146. The largest absolute Gasteiger partial charge is 0.478 e. The standard InChI is InChI=1S/C14H22O4/c1-8(2)11-4-3-9(6-15)13-12(11)5-10(7-18-13)14(16)17/h5,8-9,11-13,15H,3-4,6-7H2,1-2H3,(H,16,17)/t9-,11-,12-,13+/m1/s1. The van der Waals surface area contributed by atoms with Crippen LogP contribution in [-0.2, 0) is 9.53 Å². The summed E-state index contributed by atoms with van der Waals surface area (Å²) in [6.07, 6.45) is 3.87. The van der Waals surface area contributed by atoms with Gasteiger partial charge in [-0.15, -0.1) is 0 Å². The summed E-state index contributed by atoms with van der Waals surface area (Å²) >= 11 is 0. The van der Waals surface area contributed by atoms with Crippen molar-refractivity contribution < 1.29 is 19.7 Å². The van der Waals surface area contributed by atoms with E-state index in [-0.39, 0.29) is 31.2 Å². The van der Waals surface area contributed by atoms with Gasteiger partial charge in [-0.1, -0.05) is 19.9 Å². The third-order valence-corrected chi connectivity index (χ3v) is 4.40. The van der Waals surface area contributed by atoms with Crippen LogP contribution < -0.4 is 0 Å². The van der Waals surface area contributed by atoms with Gasteiger partial charge in [-0.3, -0.25) is 0 Å². The molecule has 102 valence electrons. The fraction of sp³-hybridized carbons (Fsp3) is 0.786. The van der Waals surface area contributed by atoms with Crippen LogP contribution in [0.25, 0.3) is 0 Å². The van der Waals surface area contributed by atoms with Crippen molar-refractivity contribution in [1.29, 1.82) is 0 Å². The second-order valence-electron chi connectivity index (χ2n) is 5.78. The van der Waals surface area contributed by atoms with E-state index in [1.807, 2.05) is 6.08 Å². The molecule has 2 aliphatic rings. The number of ether oxygens (including phenoxy) is 1. The number of aliphatic hydroxyl groups excluding tert-OH is 1. The third-order valence-electron chi connectivity index (χ3n) is 4.40. The van der Waals surface area contributed by atoms with Crippen molar-refractivity contribution >= 4 is 5.97 Å². The summed E-state index contributed by atoms with van der Waals surface area (Å²) in [5.74, 6) is 0.354. The molecule has 0 aromatic heterocycles. The summed E-state index contributed by atoms with van der Waals surface area (Å²) < 4.78 is 5.73. The lowest BCUT2D eigenvalue weighted by Gasteiger charge is -2.45. The van der Waals surface area contributed by atoms with Crippen molar-refractivity contribution in [1.82, 2.24) is 0 Å². The molecule has 4 atom stereocenters. The summed E-state index contributed by atoms with van der Waals surface area (Å²) in [5.41, 5.74) is 0.362. The first kappa shape index (κ1) is 13.6. The Labute approximate surface area is 108 Å². The summed E-state index contributed by atoms with van der Waals surface area (Å²) in [4.78, 5) is 11.1. The van der Waals surface area contributed by atoms with E-state index >= 15 is 0 Å². The van der Waals surface area contributed by atoms with E-state index in [2.05, 4.69) is 13.8 Å². The fourth-order valence-corrected chi connectivity index (χ4v) is 3.36. The molecule has 1 heterocycles. The van der Waals surface area contributed by atoms with Crippen molar-refractivity contribution in [3.05, 3.63) is 11.6 Å². The number of aliphatic hydroxyl groups is 1. The number of carboxylic acids is 1. The Kier molecular flexibility index (Phi) is 4.07. The number of carbonyl (C=O) groups is 1. The van der Waals surface area contributed by atoms with E-state index in [0.717, 1.165) is 12.8 Å². The molecule has 2 rings (SSSR count). The molecule has 1 saturated carbocycles. The monoisotopic (exact) mass is 254 g/mol. The van der Waals surface area contributed by atoms with Gasteiger partial charge in [0.25, 0.3) is 0 Å². The molecule has 0 radical (unpaired) electrons. The van der Waals surface area contributed by atoms with Gasteiger partial charge in [-0.05, 0) is 24.7 Å². The minimum atomic E-state index is -0.887. The van der Waals surface area contributed by atoms with Crippen LogP contribution in [0.3, 0.4) is 0 Å². The summed E-state index contributed by atoms with van der Waals surface area (Å²) in [7, 11) is 0. The van der Waals surface area contributed by atoms with Crippen LogP contribution in [0.5, 0.6) is 0 Å². The normalized spacial score (nSPS) is 36.1. The summed E-state index contributed by atoms with van der Waals surface area (Å²) in [6, 6.07) is 0. The molecule has 0 aromatic carbocycles. The third kappa shape index (κ3) is 2.45. The van der Waals surface area contributed by atoms with Crippen molar-refractivity contribution in [3.63, 3.8) is 0 Å². The van der Waals surface area contributed by atoms with Crippen molar-refractivity contribution in [2.75, 3.05) is 13.2 Å². The molecule has 0 saturated heterocycles. The van der Waals surface area contributed by atoms with Crippen LogP contribution in [0, 0.1) is 23.7 Å². The van der Waals surface area contributed by atoms with Crippen LogP contribution in [0.15, 0.2) is 11.6 Å². The Bertz CT molecular complexity index is 348. The molecule has 0 spiro atoms. The molecule has 0 bridgehead atoms. The van der Waals surface area contributed by atoms with Crippen molar-refractivity contribution in [3.8, 4) is 0 Å². The van der Waals surface area contributed by atoms with Gasteiger partial charge in [-0.25, -0.2) is 4.79 Å². The average Bonchev–Trinajstić information content (AvgIpc) is 2.36. The zero-order chi connectivity index (χ0) is 13.3. The molecule has 0 amide bonds. The van der Waals surface area contributed by atoms with E-state index in [9.17, 15) is 9.90 Å². The molecule has 4 heteroatoms. The number of hydrogen-bond acceptors (Lipinski definition) is 3. The van der Waals surface area contributed by atoms with Gasteiger partial charge in [0.2, 0.25) is 0 Å². The van der Waals surface area contributed by atoms with Gasteiger partial charge >= 0.3 is 5.97 Å². The topological polar surface area (TPSA) is 66.8 Å². The quantitative estimate of drug-likeness (QED) is 0.804.